The normalized spacial score (nSPS) is 14.7. The van der Waals surface area contributed by atoms with Gasteiger partial charge in [-0.2, -0.15) is 0 Å². The van der Waals surface area contributed by atoms with Crippen LogP contribution < -0.4 is 10.6 Å². The number of nitro groups is 1. The minimum Gasteiger partial charge on any atom is -0.385 e. The third-order valence-electron chi connectivity index (χ3n) is 3.30. The van der Waals surface area contributed by atoms with Crippen LogP contribution in [0.3, 0.4) is 0 Å². The van der Waals surface area contributed by atoms with E-state index in [0.29, 0.717) is 19.2 Å². The summed E-state index contributed by atoms with van der Waals surface area (Å²) in [6.45, 7) is 2.00. The molecule has 0 aromatic heterocycles. The van der Waals surface area contributed by atoms with E-state index in [0.717, 1.165) is 24.5 Å². The highest BCUT2D eigenvalue weighted by molar-refractivity contribution is 5.80. The van der Waals surface area contributed by atoms with E-state index in [2.05, 4.69) is 15.6 Å². The maximum absolute atomic E-state index is 10.6. The monoisotopic (exact) mass is 306 g/mol. The van der Waals surface area contributed by atoms with Crippen LogP contribution in [0.5, 0.6) is 0 Å². The molecule has 1 aromatic carbocycles. The summed E-state index contributed by atoms with van der Waals surface area (Å²) in [5, 5.41) is 17.3. The van der Waals surface area contributed by atoms with E-state index in [4.69, 9.17) is 4.74 Å². The lowest BCUT2D eigenvalue weighted by Crippen LogP contribution is -2.39. The van der Waals surface area contributed by atoms with Crippen molar-refractivity contribution in [2.75, 3.05) is 20.3 Å². The van der Waals surface area contributed by atoms with Gasteiger partial charge in [0.2, 0.25) is 0 Å². The van der Waals surface area contributed by atoms with Gasteiger partial charge in [0.1, 0.15) is 0 Å². The van der Waals surface area contributed by atoms with Crippen LogP contribution in [-0.2, 0) is 11.3 Å². The number of methoxy groups -OCH3 is 1. The molecule has 0 saturated heterocycles. The maximum atomic E-state index is 10.6. The molecule has 0 spiro atoms. The third-order valence-corrected chi connectivity index (χ3v) is 3.30. The number of hydrogen-bond donors (Lipinski definition) is 2. The summed E-state index contributed by atoms with van der Waals surface area (Å²) in [7, 11) is 1.69. The molecule has 7 heteroatoms. The zero-order chi connectivity index (χ0) is 15.8. The quantitative estimate of drug-likeness (QED) is 0.251. The number of aliphatic imine (C=N–C) groups is 1. The Labute approximate surface area is 129 Å². The van der Waals surface area contributed by atoms with Crippen LogP contribution in [0, 0.1) is 10.1 Å². The molecule has 0 radical (unpaired) electrons. The van der Waals surface area contributed by atoms with Gasteiger partial charge in [-0.15, -0.1) is 0 Å². The highest BCUT2D eigenvalue weighted by Gasteiger charge is 2.22. The van der Waals surface area contributed by atoms with E-state index in [1.165, 1.54) is 25.0 Å². The Hall–Kier alpha value is -2.15. The molecule has 7 nitrogen and oxygen atoms in total. The third kappa shape index (κ3) is 5.69. The molecule has 0 unspecified atom stereocenters. The first-order chi connectivity index (χ1) is 10.7. The lowest BCUT2D eigenvalue weighted by molar-refractivity contribution is -0.384. The van der Waals surface area contributed by atoms with Crippen molar-refractivity contribution in [3.63, 3.8) is 0 Å². The highest BCUT2D eigenvalue weighted by Crippen LogP contribution is 2.18. The average Bonchev–Trinajstić information content (AvgIpc) is 3.33. The Morgan fingerprint density at radius 3 is 2.73 bits per heavy atom. The molecule has 1 saturated carbocycles. The van der Waals surface area contributed by atoms with Crippen LogP contribution in [-0.4, -0.2) is 37.2 Å². The summed E-state index contributed by atoms with van der Waals surface area (Å²) in [5.74, 6) is 0.789. The summed E-state index contributed by atoms with van der Waals surface area (Å²) >= 11 is 0. The fourth-order valence-corrected chi connectivity index (χ4v) is 1.89. The zero-order valence-corrected chi connectivity index (χ0v) is 12.7. The topological polar surface area (TPSA) is 88.8 Å². The number of nitrogens with one attached hydrogen (secondary N) is 2. The van der Waals surface area contributed by atoms with Crippen molar-refractivity contribution in [2.45, 2.75) is 31.8 Å². The van der Waals surface area contributed by atoms with Gasteiger partial charge in [-0.25, -0.2) is 4.99 Å². The van der Waals surface area contributed by atoms with E-state index in [-0.39, 0.29) is 5.69 Å². The van der Waals surface area contributed by atoms with Crippen molar-refractivity contribution in [1.29, 1.82) is 0 Å². The number of rotatable bonds is 8. The van der Waals surface area contributed by atoms with Crippen molar-refractivity contribution in [3.8, 4) is 0 Å². The van der Waals surface area contributed by atoms with Gasteiger partial charge in [-0.3, -0.25) is 10.1 Å². The molecule has 0 heterocycles. The molecule has 2 rings (SSSR count). The van der Waals surface area contributed by atoms with Gasteiger partial charge in [0.25, 0.3) is 5.69 Å². The van der Waals surface area contributed by atoms with Gasteiger partial charge in [-0.1, -0.05) is 12.1 Å². The predicted octanol–water partition coefficient (Wildman–Crippen LogP) is 1.83. The summed E-state index contributed by atoms with van der Waals surface area (Å²) in [5.41, 5.74) is 1.04. The first-order valence-corrected chi connectivity index (χ1v) is 7.46. The molecule has 1 aromatic rings. The fourth-order valence-electron chi connectivity index (χ4n) is 1.89. The van der Waals surface area contributed by atoms with E-state index in [9.17, 15) is 10.1 Å². The summed E-state index contributed by atoms with van der Waals surface area (Å²) < 4.78 is 5.02. The molecule has 0 aliphatic heterocycles. The predicted molar refractivity (Wildman–Crippen MR) is 84.9 cm³/mol. The molecule has 2 N–H and O–H groups in total. The first-order valence-electron chi connectivity index (χ1n) is 7.46. The minimum absolute atomic E-state index is 0.0988. The van der Waals surface area contributed by atoms with Crippen molar-refractivity contribution in [3.05, 3.63) is 39.9 Å². The molecule has 22 heavy (non-hydrogen) atoms. The number of guanidine groups is 1. The molecule has 0 amide bonds. The molecule has 0 bridgehead atoms. The van der Waals surface area contributed by atoms with E-state index < -0.39 is 4.92 Å². The Bertz CT molecular complexity index is 512. The second-order valence-electron chi connectivity index (χ2n) is 5.28. The first kappa shape index (κ1) is 16.2. The Kier molecular flexibility index (Phi) is 6.14. The van der Waals surface area contributed by atoms with E-state index >= 15 is 0 Å². The van der Waals surface area contributed by atoms with Gasteiger partial charge >= 0.3 is 0 Å². The number of ether oxygens (including phenoxy) is 1. The Morgan fingerprint density at radius 2 is 2.14 bits per heavy atom. The molecule has 120 valence electrons. The van der Waals surface area contributed by atoms with Crippen LogP contribution in [0.15, 0.2) is 29.3 Å². The standard InChI is InChI=1S/C15H22N4O3/c1-22-10-2-9-16-15(18-13-5-6-13)17-11-12-3-7-14(8-4-12)19(20)21/h3-4,7-8,13H,2,5-6,9-11H2,1H3,(H2,16,17,18). The molecular formula is C15H22N4O3. The van der Waals surface area contributed by atoms with Crippen LogP contribution in [0.4, 0.5) is 5.69 Å². The number of nitrogens with zero attached hydrogens (tertiary/aromatic N) is 2. The van der Waals surface area contributed by atoms with Crippen molar-refractivity contribution in [1.82, 2.24) is 10.6 Å². The largest absolute Gasteiger partial charge is 0.385 e. The van der Waals surface area contributed by atoms with Crippen LogP contribution in [0.2, 0.25) is 0 Å². The SMILES string of the molecule is COCCCNC(=NCc1ccc([N+](=O)[O-])cc1)NC1CC1. The number of hydrogen-bond acceptors (Lipinski definition) is 4. The molecular weight excluding hydrogens is 284 g/mol. The number of nitro benzene ring substituents is 1. The van der Waals surface area contributed by atoms with Crippen molar-refractivity contribution < 1.29 is 9.66 Å². The zero-order valence-electron chi connectivity index (χ0n) is 12.7. The Balaban J connectivity index is 1.88. The van der Waals surface area contributed by atoms with Crippen LogP contribution in [0.1, 0.15) is 24.8 Å². The fraction of sp³-hybridized carbons (Fsp3) is 0.533. The molecule has 0 atom stereocenters. The van der Waals surface area contributed by atoms with Crippen molar-refractivity contribution in [2.24, 2.45) is 4.99 Å². The van der Waals surface area contributed by atoms with Crippen LogP contribution in [0.25, 0.3) is 0 Å². The molecule has 1 aliphatic rings. The second-order valence-corrected chi connectivity index (χ2v) is 5.28. The summed E-state index contributed by atoms with van der Waals surface area (Å²) in [6, 6.07) is 7.00. The van der Waals surface area contributed by atoms with Gasteiger partial charge in [-0.05, 0) is 24.8 Å². The second kappa shape index (κ2) is 8.33. The summed E-state index contributed by atoms with van der Waals surface area (Å²) in [6.07, 6.45) is 3.27. The van der Waals surface area contributed by atoms with Crippen LogP contribution >= 0.6 is 0 Å². The van der Waals surface area contributed by atoms with Gasteiger partial charge in [0, 0.05) is 38.4 Å². The highest BCUT2D eigenvalue weighted by atomic mass is 16.6. The Morgan fingerprint density at radius 1 is 1.41 bits per heavy atom. The average molecular weight is 306 g/mol. The molecule has 1 aliphatic carbocycles. The lowest BCUT2D eigenvalue weighted by Gasteiger charge is -2.11. The van der Waals surface area contributed by atoms with E-state index in [1.807, 2.05) is 0 Å². The van der Waals surface area contributed by atoms with Gasteiger partial charge in [0.15, 0.2) is 5.96 Å². The maximum Gasteiger partial charge on any atom is 0.269 e. The minimum atomic E-state index is -0.398. The van der Waals surface area contributed by atoms with E-state index in [1.54, 1.807) is 19.2 Å². The number of benzene rings is 1. The van der Waals surface area contributed by atoms with Gasteiger partial charge in [0.05, 0.1) is 11.5 Å². The molecule has 1 fully saturated rings. The lowest BCUT2D eigenvalue weighted by atomic mass is 10.2. The summed E-state index contributed by atoms with van der Waals surface area (Å²) in [4.78, 5) is 14.8. The number of non-ortho nitro benzene ring substituents is 1. The van der Waals surface area contributed by atoms with Gasteiger partial charge < -0.3 is 15.4 Å². The smallest absolute Gasteiger partial charge is 0.269 e. The van der Waals surface area contributed by atoms with Crippen molar-refractivity contribution >= 4 is 11.6 Å².